The molecule has 1 atom stereocenters. The molecule has 0 fully saturated rings. The summed E-state index contributed by atoms with van der Waals surface area (Å²) < 4.78 is 0. The molecule has 0 radical (unpaired) electrons. The van der Waals surface area contributed by atoms with Crippen LogP contribution in [0.15, 0.2) is 30.9 Å². The molecule has 0 saturated heterocycles. The summed E-state index contributed by atoms with van der Waals surface area (Å²) >= 11 is 0. The van der Waals surface area contributed by atoms with Crippen LogP contribution in [0, 0.1) is 0 Å². The van der Waals surface area contributed by atoms with Gasteiger partial charge in [0.05, 0.1) is 6.04 Å². The van der Waals surface area contributed by atoms with Crippen LogP contribution in [0.2, 0.25) is 0 Å². The van der Waals surface area contributed by atoms with Crippen LogP contribution < -0.4 is 5.73 Å². The van der Waals surface area contributed by atoms with Crippen LogP contribution >= 0.6 is 0 Å². The van der Waals surface area contributed by atoms with Gasteiger partial charge >= 0.3 is 0 Å². The van der Waals surface area contributed by atoms with Crippen molar-refractivity contribution in [2.75, 3.05) is 0 Å². The summed E-state index contributed by atoms with van der Waals surface area (Å²) in [6.07, 6.45) is 1.49. The number of hydrogen-bond acceptors (Lipinski definition) is 3. The van der Waals surface area contributed by atoms with Crippen molar-refractivity contribution < 1.29 is 10.2 Å². The lowest BCUT2D eigenvalue weighted by Crippen LogP contribution is -2.06. The molecule has 0 saturated carbocycles. The van der Waals surface area contributed by atoms with Gasteiger partial charge in [-0.15, -0.1) is 6.58 Å². The summed E-state index contributed by atoms with van der Waals surface area (Å²) in [6, 6.07) is 4.21. The third kappa shape index (κ3) is 1.40. The van der Waals surface area contributed by atoms with Gasteiger partial charge in [-0.3, -0.25) is 0 Å². The Morgan fingerprint density at radius 2 is 2.08 bits per heavy atom. The number of hydrogen-bond donors (Lipinski definition) is 3. The second-order valence-corrected chi connectivity index (χ2v) is 2.48. The molecule has 1 aromatic rings. The molecule has 4 N–H and O–H groups in total. The fraction of sp³-hybridized carbons (Fsp3) is 0.111. The van der Waals surface area contributed by atoms with Crippen molar-refractivity contribution in [1.29, 1.82) is 0 Å². The molecular weight excluding hydrogens is 154 g/mol. The van der Waals surface area contributed by atoms with E-state index >= 15 is 0 Å². The summed E-state index contributed by atoms with van der Waals surface area (Å²) in [7, 11) is 0. The van der Waals surface area contributed by atoms with Crippen molar-refractivity contribution in [3.63, 3.8) is 0 Å². The predicted octanol–water partition coefficient (Wildman–Crippen LogP) is 1.28. The minimum Gasteiger partial charge on any atom is -0.504 e. The van der Waals surface area contributed by atoms with Crippen LogP contribution in [0.25, 0.3) is 0 Å². The van der Waals surface area contributed by atoms with Gasteiger partial charge in [0.15, 0.2) is 11.5 Å². The topological polar surface area (TPSA) is 66.5 Å². The fourth-order valence-electron chi connectivity index (χ4n) is 0.945. The SMILES string of the molecule is C=C[C@@H](N)c1cccc(O)c1O. The molecule has 0 aliphatic rings. The zero-order valence-electron chi connectivity index (χ0n) is 6.57. The summed E-state index contributed by atoms with van der Waals surface area (Å²) in [5, 5.41) is 18.4. The predicted molar refractivity (Wildman–Crippen MR) is 46.9 cm³/mol. The van der Waals surface area contributed by atoms with Crippen LogP contribution in [-0.2, 0) is 0 Å². The number of para-hydroxylation sites is 1. The molecule has 12 heavy (non-hydrogen) atoms. The normalized spacial score (nSPS) is 12.4. The summed E-state index contributed by atoms with van der Waals surface area (Å²) in [4.78, 5) is 0. The van der Waals surface area contributed by atoms with Gasteiger partial charge in [0.2, 0.25) is 0 Å². The minimum absolute atomic E-state index is 0.162. The standard InChI is InChI=1S/C9H11NO2/c1-2-7(10)6-4-3-5-8(11)9(6)12/h2-5,7,11-12H,1,10H2/t7-/m1/s1. The molecule has 0 amide bonds. The van der Waals surface area contributed by atoms with E-state index in [1.54, 1.807) is 12.1 Å². The van der Waals surface area contributed by atoms with Crippen molar-refractivity contribution in [3.8, 4) is 11.5 Å². The lowest BCUT2D eigenvalue weighted by molar-refractivity contribution is 0.398. The van der Waals surface area contributed by atoms with Crippen molar-refractivity contribution in [2.45, 2.75) is 6.04 Å². The third-order valence-electron chi connectivity index (χ3n) is 1.66. The van der Waals surface area contributed by atoms with E-state index in [0.29, 0.717) is 5.56 Å². The first-order chi connectivity index (χ1) is 5.66. The first-order valence-electron chi connectivity index (χ1n) is 3.55. The molecule has 0 aliphatic heterocycles. The zero-order chi connectivity index (χ0) is 9.14. The number of phenolic OH excluding ortho intramolecular Hbond substituents is 2. The van der Waals surface area contributed by atoms with E-state index in [-0.39, 0.29) is 11.5 Å². The van der Waals surface area contributed by atoms with E-state index in [1.807, 2.05) is 0 Å². The Hall–Kier alpha value is -1.48. The summed E-state index contributed by atoms with van der Waals surface area (Å²) in [5.74, 6) is -0.338. The highest BCUT2D eigenvalue weighted by Crippen LogP contribution is 2.31. The highest BCUT2D eigenvalue weighted by atomic mass is 16.3. The lowest BCUT2D eigenvalue weighted by atomic mass is 10.1. The van der Waals surface area contributed by atoms with Crippen molar-refractivity contribution >= 4 is 0 Å². The second kappa shape index (κ2) is 3.28. The number of phenols is 2. The molecule has 0 spiro atoms. The Bertz CT molecular complexity index is 297. The zero-order valence-corrected chi connectivity index (χ0v) is 6.57. The summed E-state index contributed by atoms with van der Waals surface area (Å²) in [6.45, 7) is 3.49. The van der Waals surface area contributed by atoms with Crippen molar-refractivity contribution in [3.05, 3.63) is 36.4 Å². The van der Waals surface area contributed by atoms with Crippen molar-refractivity contribution in [1.82, 2.24) is 0 Å². The smallest absolute Gasteiger partial charge is 0.162 e. The molecule has 0 unspecified atom stereocenters. The number of benzene rings is 1. The molecular formula is C9H11NO2. The van der Waals surface area contributed by atoms with E-state index in [0.717, 1.165) is 0 Å². The van der Waals surface area contributed by atoms with E-state index in [2.05, 4.69) is 6.58 Å². The maximum absolute atomic E-state index is 9.32. The number of rotatable bonds is 2. The van der Waals surface area contributed by atoms with Crippen molar-refractivity contribution in [2.24, 2.45) is 5.73 Å². The summed E-state index contributed by atoms with van der Waals surface area (Å²) in [5.41, 5.74) is 6.05. The van der Waals surface area contributed by atoms with E-state index in [9.17, 15) is 5.11 Å². The van der Waals surface area contributed by atoms with E-state index in [4.69, 9.17) is 10.8 Å². The lowest BCUT2D eigenvalue weighted by Gasteiger charge is -2.09. The Balaban J connectivity index is 3.15. The average Bonchev–Trinajstić information content (AvgIpc) is 2.08. The van der Waals surface area contributed by atoms with Crippen LogP contribution in [0.3, 0.4) is 0 Å². The molecule has 0 heterocycles. The van der Waals surface area contributed by atoms with Gasteiger partial charge in [0.25, 0.3) is 0 Å². The maximum Gasteiger partial charge on any atom is 0.162 e. The van der Waals surface area contributed by atoms with E-state index < -0.39 is 6.04 Å². The molecule has 1 rings (SSSR count). The quantitative estimate of drug-likeness (QED) is 0.457. The van der Waals surface area contributed by atoms with Crippen LogP contribution in [-0.4, -0.2) is 10.2 Å². The molecule has 0 aromatic heterocycles. The first-order valence-corrected chi connectivity index (χ1v) is 3.55. The van der Waals surface area contributed by atoms with Gasteiger partial charge < -0.3 is 15.9 Å². The van der Waals surface area contributed by atoms with Crippen LogP contribution in [0.4, 0.5) is 0 Å². The van der Waals surface area contributed by atoms with Gasteiger partial charge in [0.1, 0.15) is 0 Å². The number of nitrogens with two attached hydrogens (primary N) is 1. The van der Waals surface area contributed by atoms with Gasteiger partial charge in [-0.05, 0) is 6.07 Å². The van der Waals surface area contributed by atoms with Gasteiger partial charge in [-0.2, -0.15) is 0 Å². The maximum atomic E-state index is 9.32. The Labute approximate surface area is 70.8 Å². The molecule has 3 nitrogen and oxygen atoms in total. The average molecular weight is 165 g/mol. The highest BCUT2D eigenvalue weighted by molar-refractivity contribution is 5.46. The van der Waals surface area contributed by atoms with Gasteiger partial charge in [0, 0.05) is 5.56 Å². The molecule has 3 heteroatoms. The molecule has 64 valence electrons. The largest absolute Gasteiger partial charge is 0.504 e. The first kappa shape index (κ1) is 8.62. The third-order valence-corrected chi connectivity index (χ3v) is 1.66. The molecule has 0 bridgehead atoms. The van der Waals surface area contributed by atoms with Crippen LogP contribution in [0.5, 0.6) is 11.5 Å². The molecule has 0 aliphatic carbocycles. The highest BCUT2D eigenvalue weighted by Gasteiger charge is 2.09. The minimum atomic E-state index is -0.447. The Morgan fingerprint density at radius 3 is 2.67 bits per heavy atom. The Kier molecular flexibility index (Phi) is 2.35. The van der Waals surface area contributed by atoms with Crippen LogP contribution in [0.1, 0.15) is 11.6 Å². The van der Waals surface area contributed by atoms with Gasteiger partial charge in [-0.1, -0.05) is 18.2 Å². The monoisotopic (exact) mass is 165 g/mol. The second-order valence-electron chi connectivity index (χ2n) is 2.48. The fourth-order valence-corrected chi connectivity index (χ4v) is 0.945. The number of aromatic hydroxyl groups is 2. The van der Waals surface area contributed by atoms with Gasteiger partial charge in [-0.25, -0.2) is 0 Å². The van der Waals surface area contributed by atoms with E-state index in [1.165, 1.54) is 12.1 Å². The Morgan fingerprint density at radius 1 is 1.42 bits per heavy atom. The molecule has 1 aromatic carbocycles.